The molecular weight excluding hydrogens is 484 g/mol. The lowest BCUT2D eigenvalue weighted by molar-refractivity contribution is -0.122. The molecule has 38 heavy (non-hydrogen) atoms. The Bertz CT molecular complexity index is 1160. The molecule has 4 N–H and O–H groups in total. The second-order valence-corrected chi connectivity index (χ2v) is 10.2. The normalized spacial score (nSPS) is 16.4. The van der Waals surface area contributed by atoms with Crippen LogP contribution in [0.4, 0.5) is 8.78 Å². The molecule has 1 amide bonds. The van der Waals surface area contributed by atoms with E-state index >= 15 is 0 Å². The largest absolute Gasteiger partial charge is 0.351 e. The molecule has 0 saturated heterocycles. The van der Waals surface area contributed by atoms with Crippen LogP contribution in [-0.4, -0.2) is 42.0 Å². The summed E-state index contributed by atoms with van der Waals surface area (Å²) in [6, 6.07) is 18.1. The van der Waals surface area contributed by atoms with Gasteiger partial charge in [0.25, 0.3) is 0 Å². The van der Waals surface area contributed by atoms with Gasteiger partial charge >= 0.3 is 0 Å². The molecule has 1 saturated carbocycles. The average Bonchev–Trinajstić information content (AvgIpc) is 2.94. The number of pyridine rings is 1. The van der Waals surface area contributed by atoms with Crippen LogP contribution in [0.25, 0.3) is 10.8 Å². The number of aromatic nitrogens is 1. The monoisotopic (exact) mass is 523 g/mol. The Hall–Kier alpha value is -2.94. The Morgan fingerprint density at radius 1 is 0.947 bits per heavy atom. The summed E-state index contributed by atoms with van der Waals surface area (Å²) >= 11 is 0. The molecule has 4 rings (SSSR count). The summed E-state index contributed by atoms with van der Waals surface area (Å²) in [6.45, 7) is 5.28. The number of carbonyl (C=O) groups excluding carboxylic acids is 1. The highest BCUT2D eigenvalue weighted by Crippen LogP contribution is 2.32. The maximum Gasteiger partial charge on any atom is 0.248 e. The number of nitrogens with zero attached hydrogens (tertiary/aromatic N) is 1. The van der Waals surface area contributed by atoms with E-state index < -0.39 is 5.92 Å². The van der Waals surface area contributed by atoms with Crippen molar-refractivity contribution < 1.29 is 13.6 Å². The van der Waals surface area contributed by atoms with Crippen LogP contribution in [0.3, 0.4) is 0 Å². The molecule has 2 aromatic carbocycles. The minimum atomic E-state index is -2.47. The van der Waals surface area contributed by atoms with E-state index in [1.807, 2.05) is 37.3 Å². The summed E-state index contributed by atoms with van der Waals surface area (Å²) in [4.78, 5) is 16.9. The summed E-state index contributed by atoms with van der Waals surface area (Å²) in [5.41, 5.74) is 3.19. The maximum atomic E-state index is 13.3. The van der Waals surface area contributed by atoms with Crippen molar-refractivity contribution in [2.45, 2.75) is 76.7 Å². The van der Waals surface area contributed by atoms with Crippen LogP contribution in [0.1, 0.15) is 55.8 Å². The highest BCUT2D eigenvalue weighted by Gasteiger charge is 2.34. The van der Waals surface area contributed by atoms with E-state index in [0.717, 1.165) is 42.7 Å². The lowest BCUT2D eigenvalue weighted by Crippen LogP contribution is -2.41. The molecule has 0 bridgehead atoms. The SMILES string of the molecule is C[C@H](NCc1ccccn1)C(=O)NCc1ccc(CNCCCNC2CCC(F)(F)CC2)c2ccccc12. The minimum absolute atomic E-state index is 0.00243. The van der Waals surface area contributed by atoms with Crippen LogP contribution in [0.15, 0.2) is 60.8 Å². The van der Waals surface area contributed by atoms with Gasteiger partial charge in [-0.2, -0.15) is 0 Å². The predicted octanol–water partition coefficient (Wildman–Crippen LogP) is 4.68. The Labute approximate surface area is 224 Å². The number of halogens is 2. The van der Waals surface area contributed by atoms with Gasteiger partial charge in [0, 0.05) is 44.7 Å². The number of amides is 1. The first kappa shape index (κ1) is 28.1. The van der Waals surface area contributed by atoms with Crippen molar-refractivity contribution in [2.75, 3.05) is 13.1 Å². The number of hydrogen-bond acceptors (Lipinski definition) is 5. The Morgan fingerprint density at radius 2 is 1.63 bits per heavy atom. The summed E-state index contributed by atoms with van der Waals surface area (Å²) in [7, 11) is 0. The number of fused-ring (bicyclic) bond motifs is 1. The van der Waals surface area contributed by atoms with Crippen molar-refractivity contribution in [3.63, 3.8) is 0 Å². The average molecular weight is 524 g/mol. The molecular formula is C30H39F2N5O. The van der Waals surface area contributed by atoms with Gasteiger partial charge in [0.15, 0.2) is 0 Å². The second-order valence-electron chi connectivity index (χ2n) is 10.2. The number of rotatable bonds is 13. The van der Waals surface area contributed by atoms with E-state index in [-0.39, 0.29) is 30.8 Å². The van der Waals surface area contributed by atoms with Crippen molar-refractivity contribution >= 4 is 16.7 Å². The van der Waals surface area contributed by atoms with E-state index in [1.54, 1.807) is 6.20 Å². The first-order chi connectivity index (χ1) is 18.4. The third-order valence-electron chi connectivity index (χ3n) is 7.26. The van der Waals surface area contributed by atoms with E-state index in [4.69, 9.17) is 0 Å². The summed E-state index contributed by atoms with van der Waals surface area (Å²) in [6.07, 6.45) is 3.80. The number of carbonyl (C=O) groups is 1. The lowest BCUT2D eigenvalue weighted by atomic mass is 9.92. The zero-order chi connectivity index (χ0) is 26.8. The predicted molar refractivity (Wildman–Crippen MR) is 148 cm³/mol. The van der Waals surface area contributed by atoms with Crippen LogP contribution in [0.2, 0.25) is 0 Å². The minimum Gasteiger partial charge on any atom is -0.351 e. The molecule has 0 unspecified atom stereocenters. The van der Waals surface area contributed by atoms with Crippen molar-refractivity contribution in [2.24, 2.45) is 0 Å². The fourth-order valence-corrected chi connectivity index (χ4v) is 4.91. The fraction of sp³-hybridized carbons (Fsp3) is 0.467. The van der Waals surface area contributed by atoms with Gasteiger partial charge in [-0.15, -0.1) is 0 Å². The molecule has 1 aliphatic rings. The van der Waals surface area contributed by atoms with Gasteiger partial charge in [-0.05, 0) is 73.3 Å². The molecule has 1 heterocycles. The van der Waals surface area contributed by atoms with Crippen molar-refractivity contribution in [3.8, 4) is 0 Å². The zero-order valence-electron chi connectivity index (χ0n) is 22.1. The zero-order valence-corrected chi connectivity index (χ0v) is 22.1. The Balaban J connectivity index is 1.21. The molecule has 0 aliphatic heterocycles. The van der Waals surface area contributed by atoms with Gasteiger partial charge in [-0.25, -0.2) is 8.78 Å². The molecule has 0 spiro atoms. The molecule has 1 fully saturated rings. The fourth-order valence-electron chi connectivity index (χ4n) is 4.91. The van der Waals surface area contributed by atoms with E-state index in [0.29, 0.717) is 25.9 Å². The summed E-state index contributed by atoms with van der Waals surface area (Å²) in [5, 5.41) is 15.5. The molecule has 204 valence electrons. The van der Waals surface area contributed by atoms with Crippen LogP contribution < -0.4 is 21.3 Å². The highest BCUT2D eigenvalue weighted by atomic mass is 19.3. The molecule has 0 radical (unpaired) electrons. The van der Waals surface area contributed by atoms with Crippen molar-refractivity contribution in [3.05, 3.63) is 77.6 Å². The molecule has 6 nitrogen and oxygen atoms in total. The van der Waals surface area contributed by atoms with E-state index in [1.165, 1.54) is 10.9 Å². The molecule has 1 aromatic heterocycles. The van der Waals surface area contributed by atoms with Crippen LogP contribution in [0.5, 0.6) is 0 Å². The molecule has 1 aliphatic carbocycles. The van der Waals surface area contributed by atoms with Gasteiger partial charge in [0.05, 0.1) is 11.7 Å². The van der Waals surface area contributed by atoms with Crippen molar-refractivity contribution in [1.29, 1.82) is 0 Å². The first-order valence-electron chi connectivity index (χ1n) is 13.6. The number of alkyl halides is 2. The van der Waals surface area contributed by atoms with Gasteiger partial charge < -0.3 is 21.3 Å². The van der Waals surface area contributed by atoms with Crippen LogP contribution in [-0.2, 0) is 24.4 Å². The second kappa shape index (κ2) is 13.7. The van der Waals surface area contributed by atoms with Gasteiger partial charge in [0.2, 0.25) is 11.8 Å². The van der Waals surface area contributed by atoms with Crippen LogP contribution in [0, 0.1) is 0 Å². The van der Waals surface area contributed by atoms with E-state index in [2.05, 4.69) is 50.5 Å². The van der Waals surface area contributed by atoms with Gasteiger partial charge in [0.1, 0.15) is 0 Å². The molecule has 1 atom stereocenters. The number of hydrogen-bond donors (Lipinski definition) is 4. The van der Waals surface area contributed by atoms with Crippen molar-refractivity contribution in [1.82, 2.24) is 26.3 Å². The topological polar surface area (TPSA) is 78.1 Å². The Kier molecular flexibility index (Phi) is 10.1. The third-order valence-corrected chi connectivity index (χ3v) is 7.26. The first-order valence-corrected chi connectivity index (χ1v) is 13.6. The molecule has 8 heteroatoms. The van der Waals surface area contributed by atoms with Gasteiger partial charge in [-0.3, -0.25) is 9.78 Å². The molecule has 3 aromatic rings. The third kappa shape index (κ3) is 8.28. The summed E-state index contributed by atoms with van der Waals surface area (Å²) in [5.74, 6) is -2.52. The standard InChI is InChI=1S/C30H39F2N5O/c1-22(36-21-26-7-4-5-17-35-26)29(38)37-20-24-11-10-23(27-8-2-3-9-28(24)27)19-33-16-6-18-34-25-12-14-30(31,32)15-13-25/h2-5,7-11,17,22,25,33-34,36H,6,12-16,18-21H2,1H3,(H,37,38)/t22-/m0/s1. The quantitative estimate of drug-likeness (QED) is 0.245. The number of nitrogens with one attached hydrogen (secondary N) is 4. The van der Waals surface area contributed by atoms with Crippen LogP contribution >= 0.6 is 0 Å². The lowest BCUT2D eigenvalue weighted by Gasteiger charge is -2.28. The van der Waals surface area contributed by atoms with E-state index in [9.17, 15) is 13.6 Å². The maximum absolute atomic E-state index is 13.3. The summed E-state index contributed by atoms with van der Waals surface area (Å²) < 4.78 is 26.6. The highest BCUT2D eigenvalue weighted by molar-refractivity contribution is 5.89. The Morgan fingerprint density at radius 3 is 2.32 bits per heavy atom. The van der Waals surface area contributed by atoms with Gasteiger partial charge in [-0.1, -0.05) is 42.5 Å². The smallest absolute Gasteiger partial charge is 0.248 e. The number of benzene rings is 2.